The molecule has 4 rings (SSSR count). The van der Waals surface area contributed by atoms with Gasteiger partial charge in [-0.2, -0.15) is 0 Å². The summed E-state index contributed by atoms with van der Waals surface area (Å²) in [4.78, 5) is 28.8. The van der Waals surface area contributed by atoms with Crippen LogP contribution in [0.15, 0.2) is 60.8 Å². The summed E-state index contributed by atoms with van der Waals surface area (Å²) in [5.74, 6) is -0.263. The third kappa shape index (κ3) is 5.20. The smallest absolute Gasteiger partial charge is 0.455 e. The van der Waals surface area contributed by atoms with Gasteiger partial charge in [0, 0.05) is 29.6 Å². The average Bonchev–Trinajstić information content (AvgIpc) is 2.74. The predicted molar refractivity (Wildman–Crippen MR) is 118 cm³/mol. The van der Waals surface area contributed by atoms with Crippen molar-refractivity contribution in [1.29, 1.82) is 0 Å². The van der Waals surface area contributed by atoms with E-state index in [9.17, 15) is 22.8 Å². The van der Waals surface area contributed by atoms with E-state index in [2.05, 4.69) is 25.7 Å². The van der Waals surface area contributed by atoms with E-state index in [-0.39, 0.29) is 11.5 Å². The molecule has 1 aromatic heterocycles. The van der Waals surface area contributed by atoms with Gasteiger partial charge in [0.1, 0.15) is 22.7 Å². The second-order valence-corrected chi connectivity index (χ2v) is 7.90. The van der Waals surface area contributed by atoms with Crippen LogP contribution in [0.25, 0.3) is 0 Å². The Labute approximate surface area is 192 Å². The minimum atomic E-state index is -4.86. The number of fused-ring (bicyclic) bond motifs is 1. The van der Waals surface area contributed by atoms with E-state index in [4.69, 9.17) is 4.74 Å². The lowest BCUT2D eigenvalue weighted by Gasteiger charge is -2.32. The Hall–Kier alpha value is -4.28. The van der Waals surface area contributed by atoms with Crippen LogP contribution in [0.3, 0.4) is 0 Å². The fraction of sp³-hybridized carbons (Fsp3) is 0.174. The Kier molecular flexibility index (Phi) is 5.78. The highest BCUT2D eigenvalue weighted by atomic mass is 19.4. The number of carbonyl (C=O) groups is 2. The molecule has 176 valence electrons. The Bertz CT molecular complexity index is 1260. The molecule has 1 aliphatic rings. The molecule has 2 aromatic carbocycles. The monoisotopic (exact) mass is 472 g/mol. The summed E-state index contributed by atoms with van der Waals surface area (Å²) in [6.45, 7) is 3.43. The number of alkyl halides is 3. The Morgan fingerprint density at radius 3 is 2.56 bits per heavy atom. The van der Waals surface area contributed by atoms with Crippen LogP contribution in [-0.4, -0.2) is 28.7 Å². The van der Waals surface area contributed by atoms with Crippen molar-refractivity contribution in [1.82, 2.24) is 4.98 Å². The van der Waals surface area contributed by atoms with Gasteiger partial charge in [-0.3, -0.25) is 9.59 Å². The largest absolute Gasteiger partial charge is 0.573 e. The maximum absolute atomic E-state index is 12.5. The van der Waals surface area contributed by atoms with Gasteiger partial charge in [-0.25, -0.2) is 4.98 Å². The zero-order chi connectivity index (χ0) is 24.5. The van der Waals surface area contributed by atoms with Crippen LogP contribution in [0.1, 0.15) is 24.2 Å². The van der Waals surface area contributed by atoms with Gasteiger partial charge in [-0.1, -0.05) is 12.1 Å². The molecule has 0 unspecified atom stereocenters. The molecule has 3 aromatic rings. The number of hydrogen-bond donors (Lipinski definition) is 3. The molecule has 0 aliphatic carbocycles. The summed E-state index contributed by atoms with van der Waals surface area (Å²) in [6, 6.07) is 12.8. The number of rotatable bonds is 5. The molecule has 11 heteroatoms. The summed E-state index contributed by atoms with van der Waals surface area (Å²) >= 11 is 0. The molecule has 8 nitrogen and oxygen atoms in total. The first kappa shape index (κ1) is 22.9. The van der Waals surface area contributed by atoms with Gasteiger partial charge in [0.25, 0.3) is 11.8 Å². The third-order valence-corrected chi connectivity index (χ3v) is 4.80. The lowest BCUT2D eigenvalue weighted by molar-refractivity contribution is -0.274. The number of amides is 2. The first-order chi connectivity index (χ1) is 16.0. The van der Waals surface area contributed by atoms with Crippen LogP contribution in [0.2, 0.25) is 0 Å². The molecule has 0 saturated heterocycles. The van der Waals surface area contributed by atoms with Crippen molar-refractivity contribution in [2.24, 2.45) is 0 Å². The van der Waals surface area contributed by atoms with E-state index in [1.54, 1.807) is 44.2 Å². The van der Waals surface area contributed by atoms with Crippen LogP contribution in [0, 0.1) is 0 Å². The molecule has 2 amide bonds. The van der Waals surface area contributed by atoms with E-state index in [0.717, 1.165) is 12.1 Å². The SMILES string of the molecule is CC1(C)Nc2c(Oc3cccc(NC(=O)c4cccc(OC(F)(F)F)c4)c3)ccnc2NC1=O. The van der Waals surface area contributed by atoms with Gasteiger partial charge in [-0.15, -0.1) is 13.2 Å². The summed E-state index contributed by atoms with van der Waals surface area (Å²) in [5, 5.41) is 8.44. The topological polar surface area (TPSA) is 102 Å². The highest BCUT2D eigenvalue weighted by Gasteiger charge is 2.35. The maximum atomic E-state index is 12.5. The van der Waals surface area contributed by atoms with E-state index in [1.807, 2.05) is 0 Å². The molecular formula is C23H19F3N4O4. The zero-order valence-electron chi connectivity index (χ0n) is 18.0. The summed E-state index contributed by atoms with van der Waals surface area (Å²) in [5.41, 5.74) is -0.0375. The Balaban J connectivity index is 1.51. The van der Waals surface area contributed by atoms with Gasteiger partial charge < -0.3 is 25.4 Å². The maximum Gasteiger partial charge on any atom is 0.573 e. The van der Waals surface area contributed by atoms with E-state index < -0.39 is 23.6 Å². The lowest BCUT2D eigenvalue weighted by Crippen LogP contribution is -2.47. The molecule has 0 saturated carbocycles. The molecule has 3 N–H and O–H groups in total. The van der Waals surface area contributed by atoms with Crippen molar-refractivity contribution < 1.29 is 32.2 Å². The molecule has 1 aliphatic heterocycles. The number of anilines is 3. The number of pyridine rings is 1. The highest BCUT2D eigenvalue weighted by molar-refractivity contribution is 6.06. The van der Waals surface area contributed by atoms with Crippen LogP contribution in [0.4, 0.5) is 30.4 Å². The quantitative estimate of drug-likeness (QED) is 0.474. The number of benzene rings is 2. The van der Waals surface area contributed by atoms with Gasteiger partial charge >= 0.3 is 6.36 Å². The van der Waals surface area contributed by atoms with Crippen molar-refractivity contribution in [3.63, 3.8) is 0 Å². The number of nitrogens with zero attached hydrogens (tertiary/aromatic N) is 1. The first-order valence-electron chi connectivity index (χ1n) is 10.0. The van der Waals surface area contributed by atoms with Gasteiger partial charge in [0.05, 0.1) is 0 Å². The molecule has 2 heterocycles. The van der Waals surface area contributed by atoms with E-state index >= 15 is 0 Å². The molecule has 0 bridgehead atoms. The predicted octanol–water partition coefficient (Wildman–Crippen LogP) is 5.17. The number of carbonyl (C=O) groups excluding carboxylic acids is 2. The zero-order valence-corrected chi connectivity index (χ0v) is 18.0. The fourth-order valence-electron chi connectivity index (χ4n) is 3.18. The molecule has 34 heavy (non-hydrogen) atoms. The van der Waals surface area contributed by atoms with Crippen LogP contribution in [0.5, 0.6) is 17.2 Å². The van der Waals surface area contributed by atoms with Gasteiger partial charge in [0.15, 0.2) is 11.6 Å². The van der Waals surface area contributed by atoms with E-state index in [1.165, 1.54) is 18.3 Å². The van der Waals surface area contributed by atoms with E-state index in [0.29, 0.717) is 28.7 Å². The lowest BCUT2D eigenvalue weighted by atomic mass is 10.0. The van der Waals surface area contributed by atoms with Crippen molar-refractivity contribution in [2.45, 2.75) is 25.7 Å². The van der Waals surface area contributed by atoms with Crippen LogP contribution in [-0.2, 0) is 4.79 Å². The van der Waals surface area contributed by atoms with Gasteiger partial charge in [0.2, 0.25) is 0 Å². The fourth-order valence-corrected chi connectivity index (χ4v) is 3.18. The van der Waals surface area contributed by atoms with Crippen molar-refractivity contribution in [2.75, 3.05) is 16.0 Å². The summed E-state index contributed by atoms with van der Waals surface area (Å²) in [7, 11) is 0. The number of aromatic nitrogens is 1. The minimum absolute atomic E-state index is 0.0153. The summed E-state index contributed by atoms with van der Waals surface area (Å²) in [6.07, 6.45) is -3.38. The van der Waals surface area contributed by atoms with Gasteiger partial charge in [-0.05, 0) is 44.2 Å². The Morgan fingerprint density at radius 2 is 1.79 bits per heavy atom. The first-order valence-corrected chi connectivity index (χ1v) is 10.0. The molecule has 0 radical (unpaired) electrons. The molecule has 0 atom stereocenters. The second-order valence-electron chi connectivity index (χ2n) is 7.90. The van der Waals surface area contributed by atoms with Crippen molar-refractivity contribution in [3.8, 4) is 17.2 Å². The normalized spacial score (nSPS) is 14.3. The number of ether oxygens (including phenoxy) is 2. The molecular weight excluding hydrogens is 453 g/mol. The average molecular weight is 472 g/mol. The van der Waals surface area contributed by atoms with Crippen LogP contribution < -0.4 is 25.4 Å². The highest BCUT2D eigenvalue weighted by Crippen LogP contribution is 2.39. The number of hydrogen-bond acceptors (Lipinski definition) is 6. The standard InChI is InChI=1S/C23H19F3N4O4/c1-22(2)21(32)29-19-18(30-22)17(9-10-27-19)33-15-7-4-6-14(12-15)28-20(31)13-5-3-8-16(11-13)34-23(24,25)26/h3-12,30H,1-2H3,(H,28,31)(H,27,29,32). The number of halogens is 3. The minimum Gasteiger partial charge on any atom is -0.455 e. The molecule has 0 fully saturated rings. The van der Waals surface area contributed by atoms with Crippen molar-refractivity contribution in [3.05, 3.63) is 66.4 Å². The van der Waals surface area contributed by atoms with Crippen LogP contribution >= 0.6 is 0 Å². The Morgan fingerprint density at radius 1 is 1.06 bits per heavy atom. The third-order valence-electron chi connectivity index (χ3n) is 4.80. The second kappa shape index (κ2) is 8.58. The molecule has 0 spiro atoms. The van der Waals surface area contributed by atoms with Crippen molar-refractivity contribution >= 4 is 29.0 Å². The number of nitrogens with one attached hydrogen (secondary N) is 3. The summed E-state index contributed by atoms with van der Waals surface area (Å²) < 4.78 is 47.2.